The molecule has 0 spiro atoms. The lowest BCUT2D eigenvalue weighted by atomic mass is 10.2. The van der Waals surface area contributed by atoms with Crippen LogP contribution in [0.3, 0.4) is 0 Å². The lowest BCUT2D eigenvalue weighted by Gasteiger charge is -2.08. The Morgan fingerprint density at radius 2 is 2.19 bits per heavy atom. The van der Waals surface area contributed by atoms with Gasteiger partial charge in [-0.3, -0.25) is 4.68 Å². The molecule has 4 nitrogen and oxygen atoms in total. The van der Waals surface area contributed by atoms with E-state index in [4.69, 9.17) is 9.84 Å². The third-order valence-corrected chi connectivity index (χ3v) is 2.30. The van der Waals surface area contributed by atoms with Crippen LogP contribution in [0.1, 0.15) is 11.1 Å². The highest BCUT2D eigenvalue weighted by Gasteiger charge is 2.02. The highest BCUT2D eigenvalue weighted by molar-refractivity contribution is 5.32. The molecule has 0 amide bonds. The second-order valence-electron chi connectivity index (χ2n) is 3.58. The van der Waals surface area contributed by atoms with Crippen molar-refractivity contribution in [1.82, 2.24) is 9.78 Å². The number of aliphatic hydroxyl groups excluding tert-OH is 1. The summed E-state index contributed by atoms with van der Waals surface area (Å²) in [6.45, 7) is 0.452. The fourth-order valence-corrected chi connectivity index (χ4v) is 1.48. The lowest BCUT2D eigenvalue weighted by Crippen LogP contribution is -1.97. The molecular formula is C12H14N2O2. The Bertz CT molecular complexity index is 466. The third kappa shape index (κ3) is 2.41. The number of para-hydroxylation sites is 1. The van der Waals surface area contributed by atoms with Gasteiger partial charge in [-0.25, -0.2) is 0 Å². The van der Waals surface area contributed by atoms with Gasteiger partial charge in [-0.2, -0.15) is 5.10 Å². The molecule has 0 aliphatic heterocycles. The Labute approximate surface area is 94.1 Å². The van der Waals surface area contributed by atoms with Crippen LogP contribution in [-0.2, 0) is 20.3 Å². The molecule has 0 bridgehead atoms. The minimum Gasteiger partial charge on any atom is -0.488 e. The quantitative estimate of drug-likeness (QED) is 0.845. The monoisotopic (exact) mass is 218 g/mol. The third-order valence-electron chi connectivity index (χ3n) is 2.30. The van der Waals surface area contributed by atoms with Gasteiger partial charge in [0.05, 0.1) is 12.8 Å². The Balaban J connectivity index is 2.04. The van der Waals surface area contributed by atoms with Crippen LogP contribution in [0.4, 0.5) is 0 Å². The van der Waals surface area contributed by atoms with Crippen molar-refractivity contribution in [2.45, 2.75) is 13.2 Å². The Kier molecular flexibility index (Phi) is 3.22. The molecule has 4 heteroatoms. The molecule has 1 aromatic heterocycles. The average molecular weight is 218 g/mol. The molecule has 0 aliphatic rings. The van der Waals surface area contributed by atoms with Gasteiger partial charge in [0, 0.05) is 24.4 Å². The van der Waals surface area contributed by atoms with Gasteiger partial charge in [0.1, 0.15) is 12.4 Å². The van der Waals surface area contributed by atoms with Gasteiger partial charge >= 0.3 is 0 Å². The fourth-order valence-electron chi connectivity index (χ4n) is 1.48. The average Bonchev–Trinajstić information content (AvgIpc) is 2.73. The molecule has 2 aromatic rings. The van der Waals surface area contributed by atoms with Crippen molar-refractivity contribution in [3.05, 3.63) is 47.8 Å². The first-order valence-electron chi connectivity index (χ1n) is 5.08. The molecular weight excluding hydrogens is 204 g/mol. The maximum Gasteiger partial charge on any atom is 0.125 e. The lowest BCUT2D eigenvalue weighted by molar-refractivity contribution is 0.259. The van der Waals surface area contributed by atoms with Gasteiger partial charge in [0.2, 0.25) is 0 Å². The van der Waals surface area contributed by atoms with E-state index >= 15 is 0 Å². The molecule has 2 rings (SSSR count). The summed E-state index contributed by atoms with van der Waals surface area (Å²) in [7, 11) is 1.87. The van der Waals surface area contributed by atoms with Crippen LogP contribution in [0.2, 0.25) is 0 Å². The second kappa shape index (κ2) is 4.81. The molecule has 0 unspecified atom stereocenters. The van der Waals surface area contributed by atoms with E-state index in [0.717, 1.165) is 11.1 Å². The van der Waals surface area contributed by atoms with Crippen molar-refractivity contribution in [2.75, 3.05) is 0 Å². The first-order valence-corrected chi connectivity index (χ1v) is 5.08. The molecule has 0 fully saturated rings. The van der Waals surface area contributed by atoms with E-state index in [2.05, 4.69) is 5.10 Å². The van der Waals surface area contributed by atoms with E-state index in [1.807, 2.05) is 37.5 Å². The van der Waals surface area contributed by atoms with Gasteiger partial charge in [0.15, 0.2) is 0 Å². The molecule has 0 atom stereocenters. The normalized spacial score (nSPS) is 10.4. The number of hydrogen-bond donors (Lipinski definition) is 1. The molecule has 1 heterocycles. The fraction of sp³-hybridized carbons (Fsp3) is 0.250. The molecule has 1 aromatic carbocycles. The van der Waals surface area contributed by atoms with Crippen molar-refractivity contribution in [3.63, 3.8) is 0 Å². The zero-order valence-corrected chi connectivity index (χ0v) is 9.13. The number of nitrogens with zero attached hydrogens (tertiary/aromatic N) is 2. The molecule has 0 saturated carbocycles. The van der Waals surface area contributed by atoms with Crippen molar-refractivity contribution < 1.29 is 9.84 Å². The first kappa shape index (κ1) is 10.7. The summed E-state index contributed by atoms with van der Waals surface area (Å²) in [5.41, 5.74) is 1.81. The van der Waals surface area contributed by atoms with Crippen LogP contribution >= 0.6 is 0 Å². The largest absolute Gasteiger partial charge is 0.488 e. The van der Waals surface area contributed by atoms with Gasteiger partial charge in [0.25, 0.3) is 0 Å². The number of ether oxygens (including phenoxy) is 1. The maximum atomic E-state index is 9.12. The van der Waals surface area contributed by atoms with Crippen LogP contribution in [-0.4, -0.2) is 14.9 Å². The zero-order valence-electron chi connectivity index (χ0n) is 9.13. The summed E-state index contributed by atoms with van der Waals surface area (Å²) >= 11 is 0. The van der Waals surface area contributed by atoms with E-state index < -0.39 is 0 Å². The molecule has 0 radical (unpaired) electrons. The van der Waals surface area contributed by atoms with E-state index in [1.54, 1.807) is 10.9 Å². The standard InChI is InChI=1S/C12H14N2O2/c1-14-7-10(6-13-14)9-16-12-5-3-2-4-11(12)8-15/h2-7,15H,8-9H2,1H3. The number of aliphatic hydroxyl groups is 1. The van der Waals surface area contributed by atoms with Crippen molar-refractivity contribution in [2.24, 2.45) is 7.05 Å². The Morgan fingerprint density at radius 1 is 1.38 bits per heavy atom. The topological polar surface area (TPSA) is 47.3 Å². The molecule has 16 heavy (non-hydrogen) atoms. The van der Waals surface area contributed by atoms with E-state index in [9.17, 15) is 0 Å². The van der Waals surface area contributed by atoms with E-state index in [-0.39, 0.29) is 6.61 Å². The van der Waals surface area contributed by atoms with Crippen molar-refractivity contribution >= 4 is 0 Å². The smallest absolute Gasteiger partial charge is 0.125 e. The number of hydrogen-bond acceptors (Lipinski definition) is 3. The molecule has 1 N–H and O–H groups in total. The summed E-state index contributed by atoms with van der Waals surface area (Å²) in [5, 5.41) is 13.2. The van der Waals surface area contributed by atoms with Crippen LogP contribution in [0, 0.1) is 0 Å². The molecule has 0 saturated heterocycles. The molecule has 84 valence electrons. The van der Waals surface area contributed by atoms with Gasteiger partial charge in [-0.1, -0.05) is 18.2 Å². The summed E-state index contributed by atoms with van der Waals surface area (Å²) in [6.07, 6.45) is 3.67. The summed E-state index contributed by atoms with van der Waals surface area (Å²) in [4.78, 5) is 0. The van der Waals surface area contributed by atoms with Crippen LogP contribution in [0.5, 0.6) is 5.75 Å². The van der Waals surface area contributed by atoms with Crippen LogP contribution < -0.4 is 4.74 Å². The summed E-state index contributed by atoms with van der Waals surface area (Å²) < 4.78 is 7.35. The van der Waals surface area contributed by atoms with Gasteiger partial charge < -0.3 is 9.84 Å². The van der Waals surface area contributed by atoms with Crippen LogP contribution in [0.15, 0.2) is 36.7 Å². The highest BCUT2D eigenvalue weighted by Crippen LogP contribution is 2.18. The SMILES string of the molecule is Cn1cc(COc2ccccc2CO)cn1. The summed E-state index contributed by atoms with van der Waals surface area (Å²) in [5.74, 6) is 0.717. The van der Waals surface area contributed by atoms with Gasteiger partial charge in [-0.05, 0) is 6.07 Å². The predicted octanol–water partition coefficient (Wildman–Crippen LogP) is 1.49. The van der Waals surface area contributed by atoms with E-state index in [0.29, 0.717) is 12.4 Å². The van der Waals surface area contributed by atoms with Crippen LogP contribution in [0.25, 0.3) is 0 Å². The number of rotatable bonds is 4. The molecule has 0 aliphatic carbocycles. The van der Waals surface area contributed by atoms with Crippen molar-refractivity contribution in [1.29, 1.82) is 0 Å². The Morgan fingerprint density at radius 3 is 2.88 bits per heavy atom. The maximum absolute atomic E-state index is 9.12. The van der Waals surface area contributed by atoms with E-state index in [1.165, 1.54) is 0 Å². The number of aromatic nitrogens is 2. The summed E-state index contributed by atoms with van der Waals surface area (Å²) in [6, 6.07) is 7.46. The van der Waals surface area contributed by atoms with Crippen molar-refractivity contribution in [3.8, 4) is 5.75 Å². The second-order valence-corrected chi connectivity index (χ2v) is 3.58. The minimum atomic E-state index is -0.0107. The zero-order chi connectivity index (χ0) is 11.4. The Hall–Kier alpha value is -1.81. The highest BCUT2D eigenvalue weighted by atomic mass is 16.5. The first-order chi connectivity index (χ1) is 7.79. The number of benzene rings is 1. The predicted molar refractivity (Wildman–Crippen MR) is 59.9 cm³/mol. The minimum absolute atomic E-state index is 0.0107. The van der Waals surface area contributed by atoms with Gasteiger partial charge in [-0.15, -0.1) is 0 Å². The number of aryl methyl sites for hydroxylation is 1.